The van der Waals surface area contributed by atoms with Crippen LogP contribution >= 0.6 is 0 Å². The molecule has 136 valence electrons. The van der Waals surface area contributed by atoms with Crippen LogP contribution in [0, 0.1) is 5.92 Å². The van der Waals surface area contributed by atoms with Gasteiger partial charge >= 0.3 is 0 Å². The Kier molecular flexibility index (Phi) is 6.77. The van der Waals surface area contributed by atoms with Crippen LogP contribution in [0.4, 0.5) is 0 Å². The van der Waals surface area contributed by atoms with Crippen molar-refractivity contribution in [1.82, 2.24) is 15.5 Å². The van der Waals surface area contributed by atoms with Crippen LogP contribution in [-0.2, 0) is 26.8 Å². The second-order valence-corrected chi connectivity index (χ2v) is 8.74. The summed E-state index contributed by atoms with van der Waals surface area (Å²) in [4.78, 5) is 16.1. The third-order valence-electron chi connectivity index (χ3n) is 4.42. The zero-order valence-corrected chi connectivity index (χ0v) is 15.3. The van der Waals surface area contributed by atoms with Gasteiger partial charge in [-0.1, -0.05) is 38.3 Å². The number of carbonyl (C=O) groups is 1. The molecule has 0 aliphatic heterocycles. The van der Waals surface area contributed by atoms with E-state index >= 15 is 0 Å². The molecule has 24 heavy (non-hydrogen) atoms. The fraction of sp³-hybridized carbons (Fsp3) is 0.812. The number of aromatic nitrogens is 2. The van der Waals surface area contributed by atoms with Gasteiger partial charge in [-0.2, -0.15) is 4.98 Å². The summed E-state index contributed by atoms with van der Waals surface area (Å²) in [5.41, 5.74) is 0. The minimum atomic E-state index is -3.62. The molecule has 1 aliphatic carbocycles. The number of carbonyl (C=O) groups excluding carboxylic acids is 1. The van der Waals surface area contributed by atoms with Crippen molar-refractivity contribution in [3.8, 4) is 0 Å². The van der Waals surface area contributed by atoms with Crippen LogP contribution in [0.2, 0.25) is 0 Å². The van der Waals surface area contributed by atoms with Crippen molar-refractivity contribution in [1.29, 1.82) is 0 Å². The summed E-state index contributed by atoms with van der Waals surface area (Å²) < 4.78 is 29.3. The zero-order chi connectivity index (χ0) is 17.6. The monoisotopic (exact) mass is 357 g/mol. The Labute approximate surface area is 143 Å². The van der Waals surface area contributed by atoms with Crippen LogP contribution in [0.15, 0.2) is 4.52 Å². The van der Waals surface area contributed by atoms with Gasteiger partial charge < -0.3 is 9.84 Å². The molecule has 0 saturated heterocycles. The second kappa shape index (κ2) is 8.60. The Morgan fingerprint density at radius 2 is 2.08 bits per heavy atom. The SMILES string of the molecule is CCCCc1noc(CS(=O)(=O)CC(=O)N[C@H]2CCCC[C@@H]2C)n1. The highest BCUT2D eigenvalue weighted by Gasteiger charge is 2.26. The fourth-order valence-corrected chi connectivity index (χ4v) is 4.08. The number of hydrogen-bond donors (Lipinski definition) is 1. The van der Waals surface area contributed by atoms with Gasteiger partial charge in [0, 0.05) is 12.5 Å². The Morgan fingerprint density at radius 3 is 2.79 bits per heavy atom. The van der Waals surface area contributed by atoms with Gasteiger partial charge in [0.05, 0.1) is 0 Å². The molecule has 1 saturated carbocycles. The maximum Gasteiger partial charge on any atom is 0.241 e. The lowest BCUT2D eigenvalue weighted by molar-refractivity contribution is -0.119. The van der Waals surface area contributed by atoms with E-state index in [0.29, 0.717) is 18.2 Å². The molecule has 7 nitrogen and oxygen atoms in total. The molecule has 1 amide bonds. The average Bonchev–Trinajstić information content (AvgIpc) is 2.93. The maximum absolute atomic E-state index is 12.2. The molecule has 0 aromatic carbocycles. The average molecular weight is 357 g/mol. The number of sulfone groups is 1. The normalized spacial score (nSPS) is 21.6. The molecule has 1 aromatic heterocycles. The van der Waals surface area contributed by atoms with Crippen molar-refractivity contribution in [2.45, 2.75) is 70.6 Å². The Hall–Kier alpha value is -1.44. The zero-order valence-electron chi connectivity index (χ0n) is 14.5. The van der Waals surface area contributed by atoms with E-state index < -0.39 is 21.5 Å². The molecule has 2 atom stereocenters. The molecule has 0 bridgehead atoms. The predicted molar refractivity (Wildman–Crippen MR) is 90.0 cm³/mol. The number of unbranched alkanes of at least 4 members (excludes halogenated alkanes) is 1. The topological polar surface area (TPSA) is 102 Å². The van der Waals surface area contributed by atoms with E-state index in [0.717, 1.165) is 32.1 Å². The van der Waals surface area contributed by atoms with Gasteiger partial charge in [-0.3, -0.25) is 4.79 Å². The number of nitrogens with one attached hydrogen (secondary N) is 1. The number of rotatable bonds is 8. The number of amides is 1. The summed E-state index contributed by atoms with van der Waals surface area (Å²) in [6.45, 7) is 4.14. The number of hydrogen-bond acceptors (Lipinski definition) is 6. The van der Waals surface area contributed by atoms with Gasteiger partial charge in [-0.15, -0.1) is 0 Å². The Morgan fingerprint density at radius 1 is 1.33 bits per heavy atom. The highest BCUT2D eigenvalue weighted by Crippen LogP contribution is 2.23. The molecule has 0 radical (unpaired) electrons. The highest BCUT2D eigenvalue weighted by molar-refractivity contribution is 7.91. The second-order valence-electron chi connectivity index (χ2n) is 6.68. The van der Waals surface area contributed by atoms with Crippen LogP contribution < -0.4 is 5.32 Å². The lowest BCUT2D eigenvalue weighted by atomic mass is 9.86. The molecule has 0 unspecified atom stereocenters. The van der Waals surface area contributed by atoms with Gasteiger partial charge in [0.2, 0.25) is 11.8 Å². The van der Waals surface area contributed by atoms with Gasteiger partial charge in [0.25, 0.3) is 0 Å². The third-order valence-corrected chi connectivity index (χ3v) is 5.81. The molecule has 1 fully saturated rings. The van der Waals surface area contributed by atoms with Crippen LogP contribution in [0.3, 0.4) is 0 Å². The van der Waals surface area contributed by atoms with Gasteiger partial charge in [0.1, 0.15) is 11.5 Å². The minimum absolute atomic E-state index is 0.0555. The minimum Gasteiger partial charge on any atom is -0.352 e. The summed E-state index contributed by atoms with van der Waals surface area (Å²) in [5.74, 6) is -0.410. The molecule has 1 aliphatic rings. The molecule has 0 spiro atoms. The van der Waals surface area contributed by atoms with E-state index in [-0.39, 0.29) is 17.7 Å². The lowest BCUT2D eigenvalue weighted by Gasteiger charge is -2.29. The van der Waals surface area contributed by atoms with E-state index in [1.54, 1.807) is 0 Å². The van der Waals surface area contributed by atoms with Crippen molar-refractivity contribution in [3.63, 3.8) is 0 Å². The van der Waals surface area contributed by atoms with Crippen molar-refractivity contribution in [2.75, 3.05) is 5.75 Å². The van der Waals surface area contributed by atoms with Gasteiger partial charge in [-0.05, 0) is 25.2 Å². The Bertz CT molecular complexity index is 642. The quantitative estimate of drug-likeness (QED) is 0.763. The summed E-state index contributed by atoms with van der Waals surface area (Å²) in [7, 11) is -3.62. The van der Waals surface area contributed by atoms with Crippen LogP contribution in [0.25, 0.3) is 0 Å². The molecule has 1 heterocycles. The van der Waals surface area contributed by atoms with Gasteiger partial charge in [-0.25, -0.2) is 8.42 Å². The smallest absolute Gasteiger partial charge is 0.241 e. The number of nitrogens with zero attached hydrogens (tertiary/aromatic N) is 2. The van der Waals surface area contributed by atoms with E-state index in [9.17, 15) is 13.2 Å². The standard InChI is InChI=1S/C16H27N3O4S/c1-3-4-9-14-18-16(23-19-14)11-24(21,22)10-15(20)17-13-8-6-5-7-12(13)2/h12-13H,3-11H2,1-2H3,(H,17,20)/t12-,13-/m0/s1. The summed E-state index contributed by atoms with van der Waals surface area (Å²) in [6.07, 6.45) is 6.82. The summed E-state index contributed by atoms with van der Waals surface area (Å²) in [6, 6.07) is 0.0745. The summed E-state index contributed by atoms with van der Waals surface area (Å²) >= 11 is 0. The van der Waals surface area contributed by atoms with Crippen molar-refractivity contribution in [2.24, 2.45) is 5.92 Å². The first-order valence-electron chi connectivity index (χ1n) is 8.71. The van der Waals surface area contributed by atoms with Crippen LogP contribution in [0.5, 0.6) is 0 Å². The van der Waals surface area contributed by atoms with E-state index in [1.165, 1.54) is 6.42 Å². The van der Waals surface area contributed by atoms with E-state index in [4.69, 9.17) is 4.52 Å². The first-order chi connectivity index (χ1) is 11.4. The predicted octanol–water partition coefficient (Wildman–Crippen LogP) is 2.02. The van der Waals surface area contributed by atoms with Gasteiger partial charge in [0.15, 0.2) is 15.7 Å². The fourth-order valence-electron chi connectivity index (χ4n) is 3.00. The highest BCUT2D eigenvalue weighted by atomic mass is 32.2. The molecule has 8 heteroatoms. The largest absolute Gasteiger partial charge is 0.352 e. The summed E-state index contributed by atoms with van der Waals surface area (Å²) in [5, 5.41) is 6.63. The van der Waals surface area contributed by atoms with Crippen molar-refractivity contribution in [3.05, 3.63) is 11.7 Å². The first kappa shape index (κ1) is 18.9. The Balaban J connectivity index is 1.85. The van der Waals surface area contributed by atoms with Crippen LogP contribution in [-0.4, -0.2) is 36.3 Å². The van der Waals surface area contributed by atoms with Crippen LogP contribution in [0.1, 0.15) is 64.1 Å². The molecule has 1 aromatic rings. The molecule has 2 rings (SSSR count). The first-order valence-corrected chi connectivity index (χ1v) is 10.5. The van der Waals surface area contributed by atoms with Crippen molar-refractivity contribution < 1.29 is 17.7 Å². The molecular weight excluding hydrogens is 330 g/mol. The maximum atomic E-state index is 12.2. The van der Waals surface area contributed by atoms with Crippen molar-refractivity contribution >= 4 is 15.7 Å². The molecule has 1 N–H and O–H groups in total. The number of aryl methyl sites for hydroxylation is 1. The third kappa shape index (κ3) is 5.89. The molecular formula is C16H27N3O4S. The van der Waals surface area contributed by atoms with E-state index in [1.807, 2.05) is 0 Å². The lowest BCUT2D eigenvalue weighted by Crippen LogP contribution is -2.43. The van der Waals surface area contributed by atoms with E-state index in [2.05, 4.69) is 29.3 Å².